The summed E-state index contributed by atoms with van der Waals surface area (Å²) in [6.45, 7) is 0. The molecule has 1 atom stereocenters. The second-order valence-electron chi connectivity index (χ2n) is 4.18. The molecule has 0 fully saturated rings. The third kappa shape index (κ3) is 7.53. The van der Waals surface area contributed by atoms with E-state index in [4.69, 9.17) is 0 Å². The molecule has 0 radical (unpaired) electrons. The number of carbonyl (C=O) groups excluding carboxylic acids is 1. The number of hydrogen-bond acceptors (Lipinski definition) is 5. The Morgan fingerprint density at radius 2 is 0.897 bits per heavy atom. The summed E-state index contributed by atoms with van der Waals surface area (Å²) in [5.74, 6) is -11.6. The van der Waals surface area contributed by atoms with Gasteiger partial charge in [-0.3, -0.25) is 4.74 Å². The van der Waals surface area contributed by atoms with Crippen LogP contribution in [-0.2, 0) is 23.7 Å². The third-order valence-corrected chi connectivity index (χ3v) is 1.92. The molecule has 21 heteroatoms. The van der Waals surface area contributed by atoms with Crippen LogP contribution in [0.4, 0.5) is 70.2 Å². The monoisotopic (exact) mass is 480 g/mol. The van der Waals surface area contributed by atoms with Crippen molar-refractivity contribution in [2.24, 2.45) is 0 Å². The molecule has 5 nitrogen and oxygen atoms in total. The smallest absolute Gasteiger partial charge is 0.368 e. The average Bonchev–Trinajstić information content (AvgIpc) is 2.29. The summed E-state index contributed by atoms with van der Waals surface area (Å²) < 4.78 is 203. The van der Waals surface area contributed by atoms with Crippen LogP contribution in [0.3, 0.4) is 0 Å². The molecule has 0 aromatic rings. The zero-order chi connectivity index (χ0) is 23.9. The highest BCUT2D eigenvalue weighted by Gasteiger charge is 2.76. The van der Waals surface area contributed by atoms with Crippen LogP contribution in [0.5, 0.6) is 0 Å². The Bertz CT molecular complexity index is 590. The molecule has 29 heavy (non-hydrogen) atoms. The lowest BCUT2D eigenvalue weighted by Gasteiger charge is -2.33. The minimum absolute atomic E-state index is 1.49. The lowest BCUT2D eigenvalue weighted by Crippen LogP contribution is -2.60. The van der Waals surface area contributed by atoms with Crippen molar-refractivity contribution in [3.05, 3.63) is 0 Å². The van der Waals surface area contributed by atoms with Crippen LogP contribution in [-0.4, -0.2) is 49.2 Å². The molecule has 0 heterocycles. The molecule has 174 valence electrons. The van der Waals surface area contributed by atoms with Crippen LogP contribution in [0.15, 0.2) is 0 Å². The quantitative estimate of drug-likeness (QED) is 0.304. The molecule has 0 N–H and O–H groups in total. The van der Waals surface area contributed by atoms with Gasteiger partial charge in [-0.25, -0.2) is 9.53 Å². The highest BCUT2D eigenvalue weighted by molar-refractivity contribution is 5.79. The number of halogens is 16. The zero-order valence-electron chi connectivity index (χ0n) is 12.1. The lowest BCUT2D eigenvalue weighted by atomic mass is 10.3. The molecule has 0 spiro atoms. The fourth-order valence-electron chi connectivity index (χ4n) is 0.986. The Kier molecular flexibility index (Phi) is 7.03. The second-order valence-corrected chi connectivity index (χ2v) is 4.18. The van der Waals surface area contributed by atoms with Crippen LogP contribution in [0.1, 0.15) is 0 Å². The Morgan fingerprint density at radius 1 is 0.517 bits per heavy atom. The van der Waals surface area contributed by atoms with Gasteiger partial charge in [0, 0.05) is 0 Å². The van der Waals surface area contributed by atoms with E-state index in [0.29, 0.717) is 0 Å². The van der Waals surface area contributed by atoms with Crippen molar-refractivity contribution in [2.75, 3.05) is 0 Å². The molecule has 0 amide bonds. The van der Waals surface area contributed by atoms with E-state index >= 15 is 0 Å². The summed E-state index contributed by atoms with van der Waals surface area (Å²) in [7, 11) is 0. The predicted octanol–water partition coefficient (Wildman–Crippen LogP) is 4.58. The van der Waals surface area contributed by atoms with Gasteiger partial charge in [-0.05, 0) is 0 Å². The van der Waals surface area contributed by atoms with Gasteiger partial charge >= 0.3 is 49.2 Å². The van der Waals surface area contributed by atoms with E-state index in [1.54, 1.807) is 9.47 Å². The van der Waals surface area contributed by atoms with Gasteiger partial charge in [-0.2, -0.15) is 39.9 Å². The molecule has 0 saturated heterocycles. The van der Waals surface area contributed by atoms with E-state index in [0.717, 1.165) is 0 Å². The first kappa shape index (κ1) is 27.2. The second kappa shape index (κ2) is 7.49. The minimum Gasteiger partial charge on any atom is -0.368 e. The average molecular weight is 480 g/mol. The van der Waals surface area contributed by atoms with Gasteiger partial charge in [-0.15, -0.1) is 35.1 Å². The van der Waals surface area contributed by atoms with Crippen molar-refractivity contribution < 1.29 is 94.0 Å². The largest absolute Gasteiger partial charge is 0.575 e. The van der Waals surface area contributed by atoms with Crippen molar-refractivity contribution in [1.82, 2.24) is 0 Å². The van der Waals surface area contributed by atoms with E-state index in [9.17, 15) is 75.0 Å². The fourth-order valence-corrected chi connectivity index (χ4v) is 0.986. The minimum atomic E-state index is -7.47. The summed E-state index contributed by atoms with van der Waals surface area (Å²) >= 11 is 0. The normalized spacial score (nSPS) is 17.1. The topological polar surface area (TPSA) is 54.0 Å². The summed E-state index contributed by atoms with van der Waals surface area (Å²) in [6.07, 6.45) is -42.1. The standard InChI is InChI=1S/C8F16O5/c9-2(3(10,11)12,1(25)26-6(17,18)19)27-4(13,14)5(15,16)28-8(23,24)29-7(20,21)22. The SMILES string of the molecule is O=C(OC(F)(F)F)C(F)(OC(F)(F)C(F)(F)OC(F)(F)OC(F)(F)F)C(F)(F)F. The molecular weight excluding hydrogens is 480 g/mol. The van der Waals surface area contributed by atoms with Crippen molar-refractivity contribution in [3.8, 4) is 0 Å². The predicted molar refractivity (Wildman–Crippen MR) is 46.2 cm³/mol. The van der Waals surface area contributed by atoms with Gasteiger partial charge in [0.15, 0.2) is 0 Å². The molecule has 0 bridgehead atoms. The van der Waals surface area contributed by atoms with Gasteiger partial charge < -0.3 is 4.74 Å². The number of rotatable bonds is 7. The molecule has 0 aromatic heterocycles. The van der Waals surface area contributed by atoms with E-state index in [1.807, 2.05) is 0 Å². The zero-order valence-corrected chi connectivity index (χ0v) is 12.1. The van der Waals surface area contributed by atoms with Gasteiger partial charge in [0.2, 0.25) is 0 Å². The molecule has 0 aliphatic rings. The van der Waals surface area contributed by atoms with E-state index in [1.165, 1.54) is 9.47 Å². The number of carbonyl (C=O) groups is 1. The van der Waals surface area contributed by atoms with Gasteiger partial charge in [0.05, 0.1) is 0 Å². The van der Waals surface area contributed by atoms with Crippen LogP contribution < -0.4 is 0 Å². The van der Waals surface area contributed by atoms with Gasteiger partial charge in [0.25, 0.3) is 0 Å². The maximum atomic E-state index is 13.4. The van der Waals surface area contributed by atoms with Crippen molar-refractivity contribution in [2.45, 2.75) is 43.3 Å². The van der Waals surface area contributed by atoms with Crippen LogP contribution in [0.2, 0.25) is 0 Å². The van der Waals surface area contributed by atoms with Crippen molar-refractivity contribution in [3.63, 3.8) is 0 Å². The van der Waals surface area contributed by atoms with E-state index < -0.39 is 49.2 Å². The Morgan fingerprint density at radius 3 is 1.21 bits per heavy atom. The first-order valence-electron chi connectivity index (χ1n) is 5.61. The molecule has 0 aliphatic heterocycles. The molecule has 0 saturated carbocycles. The summed E-state index contributed by atoms with van der Waals surface area (Å²) in [6, 6.07) is 0. The molecule has 0 rings (SSSR count). The fraction of sp³-hybridized carbons (Fsp3) is 0.875. The summed E-state index contributed by atoms with van der Waals surface area (Å²) in [4.78, 5) is 10.5. The van der Waals surface area contributed by atoms with Crippen molar-refractivity contribution in [1.29, 1.82) is 0 Å². The molecular formula is C8F16O5. The van der Waals surface area contributed by atoms with Gasteiger partial charge in [-0.1, -0.05) is 0 Å². The number of esters is 1. The number of alkyl halides is 16. The van der Waals surface area contributed by atoms with Crippen LogP contribution in [0.25, 0.3) is 0 Å². The highest BCUT2D eigenvalue weighted by Crippen LogP contribution is 2.48. The van der Waals surface area contributed by atoms with Crippen LogP contribution >= 0.6 is 0 Å². The molecule has 1 unspecified atom stereocenters. The Labute approximate surface area is 145 Å². The Balaban J connectivity index is 5.91. The van der Waals surface area contributed by atoms with Crippen molar-refractivity contribution >= 4 is 5.97 Å². The molecule has 0 aliphatic carbocycles. The maximum absolute atomic E-state index is 13.4. The number of hydrogen-bond donors (Lipinski definition) is 0. The van der Waals surface area contributed by atoms with Crippen LogP contribution in [0, 0.1) is 0 Å². The van der Waals surface area contributed by atoms with E-state index in [2.05, 4.69) is 0 Å². The third-order valence-electron chi connectivity index (χ3n) is 1.92. The summed E-state index contributed by atoms with van der Waals surface area (Å²) in [5.41, 5.74) is 0. The lowest BCUT2D eigenvalue weighted by molar-refractivity contribution is -0.574. The molecule has 0 aromatic carbocycles. The highest BCUT2D eigenvalue weighted by atomic mass is 19.4. The maximum Gasteiger partial charge on any atom is 0.575 e. The van der Waals surface area contributed by atoms with E-state index in [-0.39, 0.29) is 0 Å². The first-order valence-corrected chi connectivity index (χ1v) is 5.61. The summed E-state index contributed by atoms with van der Waals surface area (Å²) in [5, 5.41) is 0. The number of ether oxygens (including phenoxy) is 4. The van der Waals surface area contributed by atoms with Gasteiger partial charge in [0.1, 0.15) is 0 Å². The Hall–Kier alpha value is -1.77. The first-order chi connectivity index (χ1) is 12.2.